The average Bonchev–Trinajstić information content (AvgIpc) is 2.18. The van der Waals surface area contributed by atoms with Crippen molar-refractivity contribution in [1.82, 2.24) is 0 Å². The lowest BCUT2D eigenvalue weighted by Crippen LogP contribution is -2.58. The Hall–Kier alpha value is -0.270. The minimum absolute atomic E-state index is 0.268. The van der Waals surface area contributed by atoms with Gasteiger partial charge in [0.2, 0.25) is 0 Å². The Bertz CT molecular complexity index is 199. The molecule has 0 spiro atoms. The van der Waals surface area contributed by atoms with Crippen LogP contribution < -0.4 is 0 Å². The molecule has 1 aliphatic heterocycles. The van der Waals surface area contributed by atoms with Crippen molar-refractivity contribution < 1.29 is 29.2 Å². The van der Waals surface area contributed by atoms with E-state index in [-0.39, 0.29) is 6.10 Å². The summed E-state index contributed by atoms with van der Waals surface area (Å²) in [6.45, 7) is 2.89. The molecule has 1 fully saturated rings. The summed E-state index contributed by atoms with van der Waals surface area (Å²) >= 11 is 0. The van der Waals surface area contributed by atoms with Gasteiger partial charge in [-0.2, -0.15) is 0 Å². The Labute approximate surface area is 87.4 Å². The maximum Gasteiger partial charge on any atom is 0.192 e. The predicted octanol–water partition coefficient (Wildman–Crippen LogP) is -0.812. The first-order chi connectivity index (χ1) is 6.97. The molecular formula is C9H17FO5. The van der Waals surface area contributed by atoms with Gasteiger partial charge in [-0.05, 0) is 13.8 Å². The molecule has 5 atom stereocenters. The van der Waals surface area contributed by atoms with Gasteiger partial charge >= 0.3 is 0 Å². The van der Waals surface area contributed by atoms with Crippen LogP contribution in [-0.2, 0) is 9.47 Å². The van der Waals surface area contributed by atoms with Crippen LogP contribution in [0, 0.1) is 0 Å². The van der Waals surface area contributed by atoms with Crippen molar-refractivity contribution in [3.8, 4) is 0 Å². The lowest BCUT2D eigenvalue weighted by Gasteiger charge is -2.39. The van der Waals surface area contributed by atoms with Crippen LogP contribution in [0.4, 0.5) is 4.39 Å². The van der Waals surface area contributed by atoms with Crippen LogP contribution in [0.2, 0.25) is 0 Å². The molecule has 0 saturated carbocycles. The zero-order valence-electron chi connectivity index (χ0n) is 8.71. The lowest BCUT2D eigenvalue weighted by molar-refractivity contribution is -0.294. The van der Waals surface area contributed by atoms with E-state index >= 15 is 0 Å². The van der Waals surface area contributed by atoms with Crippen molar-refractivity contribution in [3.63, 3.8) is 0 Å². The van der Waals surface area contributed by atoms with E-state index in [4.69, 9.17) is 14.6 Å². The highest BCUT2D eigenvalue weighted by molar-refractivity contribution is 4.89. The molecule has 1 aliphatic rings. The Morgan fingerprint density at radius 2 is 1.93 bits per heavy atom. The molecule has 0 aliphatic carbocycles. The summed E-state index contributed by atoms with van der Waals surface area (Å²) < 4.78 is 23.5. The molecule has 6 heteroatoms. The molecule has 3 N–H and O–H groups in total. The van der Waals surface area contributed by atoms with E-state index in [1.807, 2.05) is 0 Å². The summed E-state index contributed by atoms with van der Waals surface area (Å²) in [5.74, 6) is 0. The number of ether oxygens (including phenoxy) is 2. The fraction of sp³-hybridized carbons (Fsp3) is 1.00. The fourth-order valence-corrected chi connectivity index (χ4v) is 1.42. The Balaban J connectivity index is 2.65. The SMILES string of the molecule is CC(C)OC1OC(CO)C(O)C(O)C1F. The van der Waals surface area contributed by atoms with Gasteiger partial charge in [-0.25, -0.2) is 4.39 Å². The molecule has 0 aromatic carbocycles. The molecule has 1 rings (SSSR count). The van der Waals surface area contributed by atoms with Crippen molar-refractivity contribution in [3.05, 3.63) is 0 Å². The van der Waals surface area contributed by atoms with E-state index in [2.05, 4.69) is 0 Å². The van der Waals surface area contributed by atoms with Gasteiger partial charge in [0.1, 0.15) is 18.3 Å². The first kappa shape index (κ1) is 12.8. The summed E-state index contributed by atoms with van der Waals surface area (Å²) in [4.78, 5) is 0. The smallest absolute Gasteiger partial charge is 0.192 e. The van der Waals surface area contributed by atoms with E-state index in [1.54, 1.807) is 13.8 Å². The zero-order chi connectivity index (χ0) is 11.6. The molecular weight excluding hydrogens is 207 g/mol. The molecule has 15 heavy (non-hydrogen) atoms. The van der Waals surface area contributed by atoms with Crippen LogP contribution in [-0.4, -0.2) is 58.8 Å². The van der Waals surface area contributed by atoms with E-state index in [9.17, 15) is 14.6 Å². The second kappa shape index (κ2) is 5.18. The second-order valence-electron chi connectivity index (χ2n) is 3.84. The third-order valence-corrected chi connectivity index (χ3v) is 2.21. The molecule has 0 aromatic heterocycles. The van der Waals surface area contributed by atoms with Crippen LogP contribution in [0.15, 0.2) is 0 Å². The van der Waals surface area contributed by atoms with Gasteiger partial charge in [-0.3, -0.25) is 0 Å². The minimum Gasteiger partial charge on any atom is -0.394 e. The predicted molar refractivity (Wildman–Crippen MR) is 48.9 cm³/mol. The van der Waals surface area contributed by atoms with E-state index in [0.717, 1.165) is 0 Å². The molecule has 1 saturated heterocycles. The van der Waals surface area contributed by atoms with E-state index in [0.29, 0.717) is 0 Å². The maximum atomic E-state index is 13.4. The van der Waals surface area contributed by atoms with Crippen LogP contribution in [0.5, 0.6) is 0 Å². The molecule has 0 aromatic rings. The van der Waals surface area contributed by atoms with Gasteiger partial charge in [-0.15, -0.1) is 0 Å². The molecule has 90 valence electrons. The first-order valence-corrected chi connectivity index (χ1v) is 4.89. The number of aliphatic hydroxyl groups is 3. The van der Waals surface area contributed by atoms with E-state index < -0.39 is 37.4 Å². The largest absolute Gasteiger partial charge is 0.394 e. The normalized spacial score (nSPS) is 42.2. The number of rotatable bonds is 3. The van der Waals surface area contributed by atoms with Crippen LogP contribution in [0.1, 0.15) is 13.8 Å². The highest BCUT2D eigenvalue weighted by atomic mass is 19.1. The van der Waals surface area contributed by atoms with Crippen LogP contribution in [0.3, 0.4) is 0 Å². The van der Waals surface area contributed by atoms with Crippen LogP contribution in [0.25, 0.3) is 0 Å². The lowest BCUT2D eigenvalue weighted by atomic mass is 10.0. The van der Waals surface area contributed by atoms with Crippen molar-refractivity contribution in [2.45, 2.75) is 50.7 Å². The highest BCUT2D eigenvalue weighted by Crippen LogP contribution is 2.24. The number of hydrogen-bond donors (Lipinski definition) is 3. The Morgan fingerprint density at radius 3 is 2.40 bits per heavy atom. The van der Waals surface area contributed by atoms with Crippen molar-refractivity contribution in [2.24, 2.45) is 0 Å². The fourth-order valence-electron chi connectivity index (χ4n) is 1.42. The van der Waals surface area contributed by atoms with Gasteiger partial charge < -0.3 is 24.8 Å². The summed E-state index contributed by atoms with van der Waals surface area (Å²) in [7, 11) is 0. The molecule has 5 nitrogen and oxygen atoms in total. The number of aliphatic hydroxyl groups excluding tert-OH is 3. The summed E-state index contributed by atoms with van der Waals surface area (Å²) in [6.07, 6.45) is -7.38. The highest BCUT2D eigenvalue weighted by Gasteiger charge is 2.45. The number of halogens is 1. The topological polar surface area (TPSA) is 79.2 Å². The molecule has 0 bridgehead atoms. The number of hydrogen-bond acceptors (Lipinski definition) is 5. The molecule has 0 radical (unpaired) electrons. The quantitative estimate of drug-likeness (QED) is 0.584. The number of alkyl halides is 1. The van der Waals surface area contributed by atoms with Crippen molar-refractivity contribution in [1.29, 1.82) is 0 Å². The van der Waals surface area contributed by atoms with Crippen LogP contribution >= 0.6 is 0 Å². The second-order valence-corrected chi connectivity index (χ2v) is 3.84. The standard InChI is InChI=1S/C9H17FO5/c1-4(2)14-9-6(10)8(13)7(12)5(3-11)15-9/h4-9,11-13H,3H2,1-2H3. The summed E-state index contributed by atoms with van der Waals surface area (Å²) in [5, 5.41) is 27.5. The van der Waals surface area contributed by atoms with Gasteiger partial charge in [0, 0.05) is 0 Å². The van der Waals surface area contributed by atoms with Gasteiger partial charge in [0.05, 0.1) is 12.7 Å². The van der Waals surface area contributed by atoms with Crippen molar-refractivity contribution in [2.75, 3.05) is 6.61 Å². The summed E-state index contributed by atoms with van der Waals surface area (Å²) in [5.41, 5.74) is 0. The molecule has 0 amide bonds. The van der Waals surface area contributed by atoms with Gasteiger partial charge in [0.25, 0.3) is 0 Å². The average molecular weight is 224 g/mol. The third-order valence-electron chi connectivity index (χ3n) is 2.21. The molecule has 1 heterocycles. The third kappa shape index (κ3) is 2.85. The van der Waals surface area contributed by atoms with Gasteiger partial charge in [0.15, 0.2) is 12.5 Å². The van der Waals surface area contributed by atoms with Crippen molar-refractivity contribution >= 4 is 0 Å². The first-order valence-electron chi connectivity index (χ1n) is 4.89. The Morgan fingerprint density at radius 1 is 1.33 bits per heavy atom. The Kier molecular flexibility index (Phi) is 4.42. The monoisotopic (exact) mass is 224 g/mol. The molecule has 5 unspecified atom stereocenters. The van der Waals surface area contributed by atoms with E-state index in [1.165, 1.54) is 0 Å². The minimum atomic E-state index is -1.81. The van der Waals surface area contributed by atoms with Gasteiger partial charge in [-0.1, -0.05) is 0 Å². The zero-order valence-corrected chi connectivity index (χ0v) is 8.71. The summed E-state index contributed by atoms with van der Waals surface area (Å²) in [6, 6.07) is 0. The maximum absolute atomic E-state index is 13.4.